The third-order valence-corrected chi connectivity index (χ3v) is 9.01. The number of fused-ring (bicyclic) bond motifs is 11. The third-order valence-electron chi connectivity index (χ3n) is 8.79. The number of halogens is 1. The average molecular weight is 544 g/mol. The second-order valence-corrected chi connectivity index (χ2v) is 11.3. The SMILES string of the molecule is Clc1cc(-c2ccc3c(c2)C2(c4ccccc4-c4ccccc42)c2ccccc2-3)c2nc(-c3ccccc3)oc2c1. The molecule has 0 bridgehead atoms. The average Bonchev–Trinajstić information content (AvgIpc) is 3.68. The van der Waals surface area contributed by atoms with Crippen molar-refractivity contribution in [3.05, 3.63) is 161 Å². The van der Waals surface area contributed by atoms with Crippen molar-refractivity contribution in [3.8, 4) is 44.8 Å². The first-order chi connectivity index (χ1) is 20.2. The first-order valence-electron chi connectivity index (χ1n) is 13.8. The second-order valence-electron chi connectivity index (χ2n) is 10.8. The summed E-state index contributed by atoms with van der Waals surface area (Å²) in [7, 11) is 0. The Hall–Kier alpha value is -4.92. The zero-order valence-corrected chi connectivity index (χ0v) is 22.7. The van der Waals surface area contributed by atoms with E-state index in [-0.39, 0.29) is 0 Å². The molecule has 0 amide bonds. The summed E-state index contributed by atoms with van der Waals surface area (Å²) in [4.78, 5) is 4.97. The maximum absolute atomic E-state index is 6.69. The van der Waals surface area contributed by atoms with Crippen LogP contribution in [0.4, 0.5) is 0 Å². The minimum Gasteiger partial charge on any atom is -0.436 e. The van der Waals surface area contributed by atoms with Crippen LogP contribution in [-0.2, 0) is 5.41 Å². The molecule has 0 unspecified atom stereocenters. The second kappa shape index (κ2) is 8.30. The van der Waals surface area contributed by atoms with Crippen molar-refractivity contribution in [2.75, 3.05) is 0 Å². The van der Waals surface area contributed by atoms with Gasteiger partial charge in [-0.05, 0) is 74.3 Å². The van der Waals surface area contributed by atoms with Crippen LogP contribution in [0.5, 0.6) is 0 Å². The van der Waals surface area contributed by atoms with Crippen LogP contribution >= 0.6 is 11.6 Å². The van der Waals surface area contributed by atoms with Crippen LogP contribution in [0.2, 0.25) is 5.02 Å². The fraction of sp³-hybridized carbons (Fsp3) is 0.0263. The molecule has 7 aromatic rings. The summed E-state index contributed by atoms with van der Waals surface area (Å²) >= 11 is 6.69. The van der Waals surface area contributed by atoms with Gasteiger partial charge in [-0.2, -0.15) is 0 Å². The Kier molecular flexibility index (Phi) is 4.62. The first-order valence-corrected chi connectivity index (χ1v) is 14.2. The molecule has 1 heterocycles. The van der Waals surface area contributed by atoms with E-state index in [2.05, 4.69) is 91.0 Å². The molecule has 41 heavy (non-hydrogen) atoms. The van der Waals surface area contributed by atoms with Gasteiger partial charge in [-0.15, -0.1) is 0 Å². The molecule has 0 radical (unpaired) electrons. The zero-order valence-electron chi connectivity index (χ0n) is 21.9. The van der Waals surface area contributed by atoms with Crippen molar-refractivity contribution in [1.29, 1.82) is 0 Å². The number of hydrogen-bond donors (Lipinski definition) is 0. The minimum absolute atomic E-state index is 0.397. The molecule has 0 atom stereocenters. The van der Waals surface area contributed by atoms with Gasteiger partial charge in [-0.3, -0.25) is 0 Å². The van der Waals surface area contributed by atoms with E-state index in [1.807, 2.05) is 42.5 Å². The molecule has 0 saturated carbocycles. The van der Waals surface area contributed by atoms with Crippen molar-refractivity contribution in [2.45, 2.75) is 5.41 Å². The Labute approximate surface area is 242 Å². The zero-order chi connectivity index (χ0) is 27.1. The van der Waals surface area contributed by atoms with Crippen LogP contribution in [0.3, 0.4) is 0 Å². The van der Waals surface area contributed by atoms with Gasteiger partial charge in [-0.1, -0.05) is 115 Å². The van der Waals surface area contributed by atoms with Gasteiger partial charge in [-0.25, -0.2) is 4.98 Å². The lowest BCUT2D eigenvalue weighted by Gasteiger charge is -2.30. The predicted molar refractivity (Wildman–Crippen MR) is 166 cm³/mol. The van der Waals surface area contributed by atoms with Gasteiger partial charge in [0.1, 0.15) is 5.52 Å². The Balaban J connectivity index is 1.34. The molecule has 192 valence electrons. The minimum atomic E-state index is -0.397. The largest absolute Gasteiger partial charge is 0.436 e. The summed E-state index contributed by atoms with van der Waals surface area (Å²) in [5.41, 5.74) is 14.5. The molecule has 0 saturated heterocycles. The van der Waals surface area contributed by atoms with Gasteiger partial charge in [0.05, 0.1) is 5.41 Å². The molecular formula is C38H22ClNO. The number of rotatable bonds is 2. The van der Waals surface area contributed by atoms with Crippen molar-refractivity contribution in [3.63, 3.8) is 0 Å². The van der Waals surface area contributed by atoms with Crippen LogP contribution in [-0.4, -0.2) is 4.98 Å². The smallest absolute Gasteiger partial charge is 0.227 e. The van der Waals surface area contributed by atoms with Crippen molar-refractivity contribution < 1.29 is 4.42 Å². The topological polar surface area (TPSA) is 26.0 Å². The fourth-order valence-corrected chi connectivity index (χ4v) is 7.39. The van der Waals surface area contributed by atoms with E-state index in [0.29, 0.717) is 16.5 Å². The van der Waals surface area contributed by atoms with Crippen molar-refractivity contribution in [2.24, 2.45) is 0 Å². The third kappa shape index (κ3) is 3.00. The van der Waals surface area contributed by atoms with Crippen LogP contribution in [0, 0.1) is 0 Å². The maximum Gasteiger partial charge on any atom is 0.227 e. The van der Waals surface area contributed by atoms with Gasteiger partial charge in [0, 0.05) is 22.2 Å². The van der Waals surface area contributed by atoms with E-state index in [9.17, 15) is 0 Å². The first kappa shape index (κ1) is 22.9. The van der Waals surface area contributed by atoms with E-state index >= 15 is 0 Å². The molecule has 9 rings (SSSR count). The lowest BCUT2D eigenvalue weighted by atomic mass is 9.70. The number of hydrogen-bond acceptors (Lipinski definition) is 2. The van der Waals surface area contributed by atoms with Gasteiger partial charge < -0.3 is 4.42 Å². The van der Waals surface area contributed by atoms with E-state index < -0.39 is 5.41 Å². The molecule has 1 aromatic heterocycles. The van der Waals surface area contributed by atoms with Crippen LogP contribution in [0.25, 0.3) is 55.9 Å². The fourth-order valence-electron chi connectivity index (χ4n) is 7.18. The highest BCUT2D eigenvalue weighted by molar-refractivity contribution is 6.31. The molecule has 1 spiro atoms. The molecular weight excluding hydrogens is 522 g/mol. The Bertz CT molecular complexity index is 2110. The van der Waals surface area contributed by atoms with E-state index in [1.54, 1.807) is 0 Å². The summed E-state index contributed by atoms with van der Waals surface area (Å²) < 4.78 is 6.23. The Morgan fingerprint density at radius 2 is 1.05 bits per heavy atom. The summed E-state index contributed by atoms with van der Waals surface area (Å²) in [5, 5.41) is 0.623. The highest BCUT2D eigenvalue weighted by Crippen LogP contribution is 2.63. The monoisotopic (exact) mass is 543 g/mol. The molecule has 0 aliphatic heterocycles. The van der Waals surface area contributed by atoms with E-state index in [1.165, 1.54) is 44.5 Å². The van der Waals surface area contributed by atoms with Crippen LogP contribution < -0.4 is 0 Å². The lowest BCUT2D eigenvalue weighted by molar-refractivity contribution is 0.620. The van der Waals surface area contributed by atoms with Crippen LogP contribution in [0.15, 0.2) is 138 Å². The number of nitrogens with zero attached hydrogens (tertiary/aromatic N) is 1. The van der Waals surface area contributed by atoms with Gasteiger partial charge in [0.25, 0.3) is 0 Å². The molecule has 2 aliphatic rings. The van der Waals surface area contributed by atoms with Gasteiger partial charge in [0.2, 0.25) is 5.89 Å². The molecule has 3 heteroatoms. The highest BCUT2D eigenvalue weighted by atomic mass is 35.5. The van der Waals surface area contributed by atoms with Gasteiger partial charge in [0.15, 0.2) is 5.58 Å². The van der Waals surface area contributed by atoms with Crippen molar-refractivity contribution in [1.82, 2.24) is 4.98 Å². The predicted octanol–water partition coefficient (Wildman–Crippen LogP) is 10.2. The number of benzene rings is 6. The molecule has 2 aliphatic carbocycles. The molecule has 6 aromatic carbocycles. The van der Waals surface area contributed by atoms with Crippen LogP contribution in [0.1, 0.15) is 22.3 Å². The molecule has 2 nitrogen and oxygen atoms in total. The normalized spacial score (nSPS) is 13.7. The quantitative estimate of drug-likeness (QED) is 0.217. The van der Waals surface area contributed by atoms with Crippen molar-refractivity contribution >= 4 is 22.7 Å². The summed E-state index contributed by atoms with van der Waals surface area (Å²) in [6.45, 7) is 0. The highest BCUT2D eigenvalue weighted by Gasteiger charge is 2.51. The summed E-state index contributed by atoms with van der Waals surface area (Å²) in [5.74, 6) is 0.591. The lowest BCUT2D eigenvalue weighted by Crippen LogP contribution is -2.25. The number of oxazole rings is 1. The molecule has 0 N–H and O–H groups in total. The van der Waals surface area contributed by atoms with E-state index in [0.717, 1.165) is 22.2 Å². The number of aromatic nitrogens is 1. The standard InChI is InChI=1S/C38H22ClNO/c39-25-21-30(36-35(22-25)41-37(40-36)23-10-2-1-3-11-23)24-18-19-29-28-14-6-9-17-33(28)38(34(29)20-24)31-15-7-4-12-26(31)27-13-5-8-16-32(27)38/h1-22H. The van der Waals surface area contributed by atoms with E-state index in [4.69, 9.17) is 21.0 Å². The Morgan fingerprint density at radius 3 is 1.68 bits per heavy atom. The van der Waals surface area contributed by atoms with Gasteiger partial charge >= 0.3 is 0 Å². The maximum atomic E-state index is 6.69. The Morgan fingerprint density at radius 1 is 0.488 bits per heavy atom. The summed E-state index contributed by atoms with van der Waals surface area (Å²) in [6, 6.07) is 47.3. The molecule has 0 fully saturated rings. The summed E-state index contributed by atoms with van der Waals surface area (Å²) in [6.07, 6.45) is 0.